The van der Waals surface area contributed by atoms with Crippen molar-refractivity contribution in [3.05, 3.63) is 29.8 Å². The van der Waals surface area contributed by atoms with E-state index in [1.165, 1.54) is 12.1 Å². The number of para-hydroxylation sites is 1. The molecule has 0 aliphatic heterocycles. The smallest absolute Gasteiger partial charge is 0.337 e. The van der Waals surface area contributed by atoms with Crippen LogP contribution in [0.25, 0.3) is 0 Å². The highest BCUT2D eigenvalue weighted by atomic mass is 32.2. The lowest BCUT2D eigenvalue weighted by atomic mass is 10.2. The first-order chi connectivity index (χ1) is 7.50. The van der Waals surface area contributed by atoms with Crippen molar-refractivity contribution in [3.63, 3.8) is 0 Å². The maximum Gasteiger partial charge on any atom is 0.337 e. The van der Waals surface area contributed by atoms with E-state index >= 15 is 0 Å². The summed E-state index contributed by atoms with van der Waals surface area (Å²) in [5, 5.41) is 8.52. The second-order valence-electron chi connectivity index (χ2n) is 3.70. The summed E-state index contributed by atoms with van der Waals surface area (Å²) in [4.78, 5) is 10.9. The van der Waals surface area contributed by atoms with Crippen molar-refractivity contribution in [1.29, 1.82) is 0 Å². The maximum atomic E-state index is 11.6. The first kappa shape index (κ1) is 10.9. The molecule has 0 aromatic heterocycles. The Kier molecular flexibility index (Phi) is 2.59. The number of rotatable bonds is 4. The molecule has 1 aliphatic carbocycles. The predicted molar refractivity (Wildman–Crippen MR) is 59.0 cm³/mol. The van der Waals surface area contributed by atoms with Gasteiger partial charge in [-0.1, -0.05) is 12.1 Å². The average molecular weight is 241 g/mol. The van der Waals surface area contributed by atoms with Crippen LogP contribution in [-0.4, -0.2) is 24.7 Å². The van der Waals surface area contributed by atoms with Crippen LogP contribution in [0.5, 0.6) is 0 Å². The molecule has 1 saturated carbocycles. The minimum absolute atomic E-state index is 0.0354. The van der Waals surface area contributed by atoms with E-state index in [1.54, 1.807) is 12.1 Å². The monoisotopic (exact) mass is 241 g/mol. The van der Waals surface area contributed by atoms with E-state index in [0.717, 1.165) is 0 Å². The minimum Gasteiger partial charge on any atom is -0.478 e. The van der Waals surface area contributed by atoms with Crippen molar-refractivity contribution in [3.8, 4) is 0 Å². The Hall–Kier alpha value is -1.56. The van der Waals surface area contributed by atoms with E-state index in [0.29, 0.717) is 12.8 Å². The molecular formula is C10H11NO4S. The third-order valence-electron chi connectivity index (χ3n) is 2.37. The second kappa shape index (κ2) is 3.79. The van der Waals surface area contributed by atoms with Gasteiger partial charge in [0.2, 0.25) is 10.0 Å². The molecular weight excluding hydrogens is 230 g/mol. The van der Waals surface area contributed by atoms with E-state index in [9.17, 15) is 13.2 Å². The van der Waals surface area contributed by atoms with Crippen LogP contribution in [0.3, 0.4) is 0 Å². The molecule has 2 N–H and O–H groups in total. The lowest BCUT2D eigenvalue weighted by Crippen LogP contribution is -2.19. The Morgan fingerprint density at radius 3 is 2.50 bits per heavy atom. The molecule has 1 aliphatic rings. The average Bonchev–Trinajstić information content (AvgIpc) is 3.00. The summed E-state index contributed by atoms with van der Waals surface area (Å²) >= 11 is 0. The number of benzene rings is 1. The Bertz CT molecular complexity index is 519. The van der Waals surface area contributed by atoms with E-state index < -0.39 is 16.0 Å². The molecule has 0 bridgehead atoms. The first-order valence-corrected chi connectivity index (χ1v) is 6.39. The van der Waals surface area contributed by atoms with Gasteiger partial charge in [-0.05, 0) is 25.0 Å². The zero-order valence-electron chi connectivity index (χ0n) is 8.38. The quantitative estimate of drug-likeness (QED) is 0.832. The normalized spacial score (nSPS) is 15.8. The van der Waals surface area contributed by atoms with E-state index in [4.69, 9.17) is 5.11 Å². The molecule has 0 radical (unpaired) electrons. The molecule has 86 valence electrons. The van der Waals surface area contributed by atoms with E-state index in [-0.39, 0.29) is 16.5 Å². The summed E-state index contributed by atoms with van der Waals surface area (Å²) < 4.78 is 25.6. The van der Waals surface area contributed by atoms with Crippen molar-refractivity contribution in [2.75, 3.05) is 4.72 Å². The van der Waals surface area contributed by atoms with Crippen LogP contribution < -0.4 is 4.72 Å². The Morgan fingerprint density at radius 1 is 1.31 bits per heavy atom. The van der Waals surface area contributed by atoms with E-state index in [2.05, 4.69) is 4.72 Å². The van der Waals surface area contributed by atoms with Gasteiger partial charge in [-0.15, -0.1) is 0 Å². The number of carboxylic acids is 1. The van der Waals surface area contributed by atoms with Gasteiger partial charge in [0.25, 0.3) is 0 Å². The molecule has 2 rings (SSSR count). The fourth-order valence-electron chi connectivity index (χ4n) is 1.37. The van der Waals surface area contributed by atoms with Crippen LogP contribution in [0.2, 0.25) is 0 Å². The Labute approximate surface area is 93.2 Å². The molecule has 5 nitrogen and oxygen atoms in total. The van der Waals surface area contributed by atoms with Gasteiger partial charge < -0.3 is 5.11 Å². The van der Waals surface area contributed by atoms with Gasteiger partial charge in [-0.3, -0.25) is 4.72 Å². The van der Waals surface area contributed by atoms with Crippen molar-refractivity contribution in [2.45, 2.75) is 18.1 Å². The zero-order valence-corrected chi connectivity index (χ0v) is 9.20. The minimum atomic E-state index is -3.41. The molecule has 1 fully saturated rings. The number of aromatic carboxylic acids is 1. The molecule has 1 aromatic carbocycles. The molecule has 0 atom stereocenters. The molecule has 1 aromatic rings. The number of carboxylic acid groups (broad SMARTS) is 1. The molecule has 6 heteroatoms. The van der Waals surface area contributed by atoms with Crippen molar-refractivity contribution in [2.24, 2.45) is 0 Å². The van der Waals surface area contributed by atoms with Gasteiger partial charge in [0.15, 0.2) is 0 Å². The van der Waals surface area contributed by atoms with Crippen LogP contribution in [0, 0.1) is 0 Å². The fourth-order valence-corrected chi connectivity index (χ4v) is 2.78. The van der Waals surface area contributed by atoms with Crippen molar-refractivity contribution < 1.29 is 18.3 Å². The van der Waals surface area contributed by atoms with Gasteiger partial charge in [-0.2, -0.15) is 0 Å². The molecule has 0 amide bonds. The van der Waals surface area contributed by atoms with Crippen LogP contribution >= 0.6 is 0 Å². The van der Waals surface area contributed by atoms with Gasteiger partial charge in [0, 0.05) is 0 Å². The summed E-state index contributed by atoms with van der Waals surface area (Å²) in [6.07, 6.45) is 1.29. The number of hydrogen-bond donors (Lipinski definition) is 2. The second-order valence-corrected chi connectivity index (χ2v) is 5.66. The van der Waals surface area contributed by atoms with Gasteiger partial charge in [0.05, 0.1) is 16.5 Å². The summed E-state index contributed by atoms with van der Waals surface area (Å²) in [7, 11) is -3.41. The summed E-state index contributed by atoms with van der Waals surface area (Å²) in [6, 6.07) is 5.96. The highest BCUT2D eigenvalue weighted by molar-refractivity contribution is 7.93. The van der Waals surface area contributed by atoms with Crippen LogP contribution in [0.4, 0.5) is 5.69 Å². The summed E-state index contributed by atoms with van der Waals surface area (Å²) in [6.45, 7) is 0. The van der Waals surface area contributed by atoms with Crippen LogP contribution in [-0.2, 0) is 10.0 Å². The van der Waals surface area contributed by atoms with Crippen LogP contribution in [0.1, 0.15) is 23.2 Å². The third-order valence-corrected chi connectivity index (χ3v) is 4.23. The molecule has 0 saturated heterocycles. The topological polar surface area (TPSA) is 83.5 Å². The number of hydrogen-bond acceptors (Lipinski definition) is 3. The summed E-state index contributed by atoms with van der Waals surface area (Å²) in [5.74, 6) is -1.14. The SMILES string of the molecule is O=C(O)c1ccccc1NS(=O)(=O)C1CC1. The number of anilines is 1. The standard InChI is InChI=1S/C10H11NO4S/c12-10(13)8-3-1-2-4-9(8)11-16(14,15)7-5-6-7/h1-4,7,11H,5-6H2,(H,12,13). The van der Waals surface area contributed by atoms with Crippen LogP contribution in [0.15, 0.2) is 24.3 Å². The predicted octanol–water partition coefficient (Wildman–Crippen LogP) is 1.29. The molecule has 0 spiro atoms. The van der Waals surface area contributed by atoms with Crippen molar-refractivity contribution >= 4 is 21.7 Å². The number of nitrogens with one attached hydrogen (secondary N) is 1. The van der Waals surface area contributed by atoms with Crippen molar-refractivity contribution in [1.82, 2.24) is 0 Å². The Morgan fingerprint density at radius 2 is 1.94 bits per heavy atom. The lowest BCUT2D eigenvalue weighted by Gasteiger charge is -2.09. The largest absolute Gasteiger partial charge is 0.478 e. The fraction of sp³-hybridized carbons (Fsp3) is 0.300. The lowest BCUT2D eigenvalue weighted by molar-refractivity contribution is 0.0698. The summed E-state index contributed by atoms with van der Waals surface area (Å²) in [5.41, 5.74) is 0.0913. The molecule has 16 heavy (non-hydrogen) atoms. The van der Waals surface area contributed by atoms with Gasteiger partial charge in [-0.25, -0.2) is 13.2 Å². The molecule has 0 unspecified atom stereocenters. The zero-order chi connectivity index (χ0) is 11.8. The highest BCUT2D eigenvalue weighted by Crippen LogP contribution is 2.30. The first-order valence-electron chi connectivity index (χ1n) is 4.84. The highest BCUT2D eigenvalue weighted by Gasteiger charge is 2.36. The van der Waals surface area contributed by atoms with E-state index in [1.807, 2.05) is 0 Å². The third kappa shape index (κ3) is 2.16. The maximum absolute atomic E-state index is 11.6. The van der Waals surface area contributed by atoms with Gasteiger partial charge in [0.1, 0.15) is 0 Å². The Balaban J connectivity index is 2.30. The molecule has 0 heterocycles. The number of carbonyl (C=O) groups is 1. The number of sulfonamides is 1. The van der Waals surface area contributed by atoms with Gasteiger partial charge >= 0.3 is 5.97 Å².